The first kappa shape index (κ1) is 20.2. The van der Waals surface area contributed by atoms with Crippen LogP contribution in [-0.2, 0) is 16.8 Å². The monoisotopic (exact) mass is 411 g/mol. The molecule has 2 fully saturated rings. The number of thiazole rings is 1. The Labute approximate surface area is 168 Å². The Morgan fingerprint density at radius 1 is 1.22 bits per heavy atom. The van der Waals surface area contributed by atoms with Crippen LogP contribution in [0.25, 0.3) is 0 Å². The SMILES string of the molecule is Cl.NC1(c2noc(CC3(CC(=O)Nc4nccs4)CCCCC3)n2)CCC1. The van der Waals surface area contributed by atoms with E-state index in [4.69, 9.17) is 10.3 Å². The van der Waals surface area contributed by atoms with Crippen molar-refractivity contribution in [3.8, 4) is 0 Å². The summed E-state index contributed by atoms with van der Waals surface area (Å²) in [6, 6.07) is 0. The summed E-state index contributed by atoms with van der Waals surface area (Å²) in [7, 11) is 0. The van der Waals surface area contributed by atoms with E-state index in [0.29, 0.717) is 29.7 Å². The van der Waals surface area contributed by atoms with E-state index in [1.54, 1.807) is 6.20 Å². The second-order valence-electron chi connectivity index (χ2n) is 7.82. The van der Waals surface area contributed by atoms with Crippen molar-refractivity contribution in [3.63, 3.8) is 0 Å². The molecule has 0 saturated heterocycles. The van der Waals surface area contributed by atoms with Gasteiger partial charge in [0, 0.05) is 24.4 Å². The lowest BCUT2D eigenvalue weighted by atomic mass is 9.69. The first-order valence-corrected chi connectivity index (χ1v) is 10.3. The molecule has 3 N–H and O–H groups in total. The number of hydrogen-bond donors (Lipinski definition) is 2. The van der Waals surface area contributed by atoms with Gasteiger partial charge in [-0.05, 0) is 37.5 Å². The van der Waals surface area contributed by atoms with E-state index in [0.717, 1.165) is 44.9 Å². The molecular weight excluding hydrogens is 386 g/mol. The Morgan fingerprint density at radius 2 is 2.00 bits per heavy atom. The molecule has 2 saturated carbocycles. The summed E-state index contributed by atoms with van der Waals surface area (Å²) in [5.74, 6) is 1.24. The normalized spacial score (nSPS) is 20.3. The van der Waals surface area contributed by atoms with Gasteiger partial charge in [0.05, 0.1) is 5.54 Å². The molecule has 0 radical (unpaired) electrons. The quantitative estimate of drug-likeness (QED) is 0.748. The Kier molecular flexibility index (Phi) is 6.18. The molecule has 27 heavy (non-hydrogen) atoms. The molecule has 4 rings (SSSR count). The fraction of sp³-hybridized carbons (Fsp3) is 0.667. The smallest absolute Gasteiger partial charge is 0.227 e. The number of rotatable bonds is 6. The van der Waals surface area contributed by atoms with Crippen molar-refractivity contribution in [2.45, 2.75) is 69.7 Å². The van der Waals surface area contributed by atoms with Gasteiger partial charge in [0.25, 0.3) is 0 Å². The molecule has 7 nitrogen and oxygen atoms in total. The number of nitrogens with zero attached hydrogens (tertiary/aromatic N) is 3. The molecule has 9 heteroatoms. The molecule has 2 aliphatic carbocycles. The topological polar surface area (TPSA) is 107 Å². The summed E-state index contributed by atoms with van der Waals surface area (Å²) in [4.78, 5) is 21.3. The molecule has 0 unspecified atom stereocenters. The molecule has 0 aromatic carbocycles. The standard InChI is InChI=1S/C18H25N5O2S.ClH/c19-18(7-4-8-18)15-22-14(25-23-15)12-17(5-2-1-3-6-17)11-13(24)21-16-20-9-10-26-16;/h9-10H,1-8,11-12,19H2,(H,20,21,24);1H. The maximum atomic E-state index is 12.6. The van der Waals surface area contributed by atoms with E-state index in [1.807, 2.05) is 5.38 Å². The van der Waals surface area contributed by atoms with Crippen molar-refractivity contribution in [1.29, 1.82) is 0 Å². The van der Waals surface area contributed by atoms with Gasteiger partial charge < -0.3 is 15.6 Å². The molecule has 2 heterocycles. The minimum absolute atomic E-state index is 0. The Hall–Kier alpha value is -1.51. The van der Waals surface area contributed by atoms with Gasteiger partial charge in [0.15, 0.2) is 11.0 Å². The predicted octanol–water partition coefficient (Wildman–Crippen LogP) is 3.81. The van der Waals surface area contributed by atoms with Crippen LogP contribution in [0.2, 0.25) is 0 Å². The second-order valence-corrected chi connectivity index (χ2v) is 8.72. The minimum Gasteiger partial charge on any atom is -0.339 e. The lowest BCUT2D eigenvalue weighted by Gasteiger charge is -2.36. The van der Waals surface area contributed by atoms with Gasteiger partial charge in [0.1, 0.15) is 0 Å². The van der Waals surface area contributed by atoms with Crippen LogP contribution in [0.5, 0.6) is 0 Å². The predicted molar refractivity (Wildman–Crippen MR) is 106 cm³/mol. The van der Waals surface area contributed by atoms with Gasteiger partial charge in [-0.3, -0.25) is 4.79 Å². The number of hydrogen-bond acceptors (Lipinski definition) is 7. The maximum absolute atomic E-state index is 12.6. The van der Waals surface area contributed by atoms with Crippen molar-refractivity contribution in [1.82, 2.24) is 15.1 Å². The van der Waals surface area contributed by atoms with Crippen LogP contribution in [0.4, 0.5) is 5.13 Å². The van der Waals surface area contributed by atoms with Gasteiger partial charge in [-0.15, -0.1) is 23.7 Å². The zero-order valence-corrected chi connectivity index (χ0v) is 16.9. The van der Waals surface area contributed by atoms with Crippen molar-refractivity contribution in [2.24, 2.45) is 11.1 Å². The highest BCUT2D eigenvalue weighted by atomic mass is 35.5. The van der Waals surface area contributed by atoms with Crippen molar-refractivity contribution < 1.29 is 9.32 Å². The highest BCUT2D eigenvalue weighted by molar-refractivity contribution is 7.13. The third-order valence-electron chi connectivity index (χ3n) is 5.81. The highest BCUT2D eigenvalue weighted by Gasteiger charge is 2.41. The average Bonchev–Trinajstić information content (AvgIpc) is 3.25. The summed E-state index contributed by atoms with van der Waals surface area (Å²) in [6.45, 7) is 0. The van der Waals surface area contributed by atoms with E-state index < -0.39 is 5.54 Å². The summed E-state index contributed by atoms with van der Waals surface area (Å²) in [6.07, 6.45) is 11.2. The number of halogens is 1. The van der Waals surface area contributed by atoms with E-state index in [-0.39, 0.29) is 23.7 Å². The van der Waals surface area contributed by atoms with Crippen LogP contribution in [0, 0.1) is 5.41 Å². The number of aromatic nitrogens is 3. The molecule has 0 bridgehead atoms. The third kappa shape index (κ3) is 4.50. The number of amides is 1. The lowest BCUT2D eigenvalue weighted by Crippen LogP contribution is -2.44. The number of nitrogens with two attached hydrogens (primary N) is 1. The molecule has 0 aliphatic heterocycles. The average molecular weight is 412 g/mol. The second kappa shape index (κ2) is 8.24. The molecule has 148 valence electrons. The van der Waals surface area contributed by atoms with Gasteiger partial charge in [-0.25, -0.2) is 4.98 Å². The molecule has 2 aliphatic rings. The van der Waals surface area contributed by atoms with Crippen LogP contribution in [0.1, 0.15) is 69.5 Å². The fourth-order valence-corrected chi connectivity index (χ4v) is 4.68. The number of anilines is 1. The molecule has 1 amide bonds. The van der Waals surface area contributed by atoms with Crippen LogP contribution >= 0.6 is 23.7 Å². The summed E-state index contributed by atoms with van der Waals surface area (Å²) < 4.78 is 5.52. The Balaban J connectivity index is 0.00000210. The van der Waals surface area contributed by atoms with Gasteiger partial charge in [0.2, 0.25) is 11.8 Å². The molecule has 2 aromatic heterocycles. The third-order valence-corrected chi connectivity index (χ3v) is 6.50. The van der Waals surface area contributed by atoms with Gasteiger partial charge >= 0.3 is 0 Å². The van der Waals surface area contributed by atoms with E-state index >= 15 is 0 Å². The van der Waals surface area contributed by atoms with Crippen LogP contribution in [0.3, 0.4) is 0 Å². The van der Waals surface area contributed by atoms with Crippen LogP contribution in [-0.4, -0.2) is 21.0 Å². The van der Waals surface area contributed by atoms with Crippen LogP contribution < -0.4 is 11.1 Å². The highest BCUT2D eigenvalue weighted by Crippen LogP contribution is 2.43. The summed E-state index contributed by atoms with van der Waals surface area (Å²) >= 11 is 1.43. The number of nitrogens with one attached hydrogen (secondary N) is 1. The maximum Gasteiger partial charge on any atom is 0.227 e. The minimum atomic E-state index is -0.413. The van der Waals surface area contributed by atoms with Crippen molar-refractivity contribution in [3.05, 3.63) is 23.3 Å². The fourth-order valence-electron chi connectivity index (χ4n) is 4.14. The summed E-state index contributed by atoms with van der Waals surface area (Å²) in [5.41, 5.74) is 5.77. The van der Waals surface area contributed by atoms with E-state index in [9.17, 15) is 4.79 Å². The van der Waals surface area contributed by atoms with Gasteiger partial charge in [-0.1, -0.05) is 24.4 Å². The molecule has 0 atom stereocenters. The van der Waals surface area contributed by atoms with E-state index in [1.165, 1.54) is 17.8 Å². The van der Waals surface area contributed by atoms with Crippen molar-refractivity contribution in [2.75, 3.05) is 5.32 Å². The van der Waals surface area contributed by atoms with E-state index in [2.05, 4.69) is 20.4 Å². The van der Waals surface area contributed by atoms with Gasteiger partial charge in [-0.2, -0.15) is 4.98 Å². The molecule has 0 spiro atoms. The van der Waals surface area contributed by atoms with Crippen molar-refractivity contribution >= 4 is 34.8 Å². The Bertz CT molecular complexity index is 754. The first-order valence-electron chi connectivity index (χ1n) is 9.38. The zero-order valence-electron chi connectivity index (χ0n) is 15.3. The lowest BCUT2D eigenvalue weighted by molar-refractivity contribution is -0.119. The first-order chi connectivity index (χ1) is 12.6. The largest absolute Gasteiger partial charge is 0.339 e. The number of carbonyl (C=O) groups excluding carboxylic acids is 1. The molecule has 2 aromatic rings. The van der Waals surface area contributed by atoms with Crippen LogP contribution in [0.15, 0.2) is 16.1 Å². The molecular formula is C18H26ClN5O2S. The summed E-state index contributed by atoms with van der Waals surface area (Å²) in [5, 5.41) is 9.54. The zero-order chi connectivity index (χ0) is 18.0. The Morgan fingerprint density at radius 3 is 2.63 bits per heavy atom. The number of carbonyl (C=O) groups is 1.